The lowest BCUT2D eigenvalue weighted by Crippen LogP contribution is -2.28. The first kappa shape index (κ1) is 31.1. The highest BCUT2D eigenvalue weighted by molar-refractivity contribution is 5.92. The summed E-state index contributed by atoms with van der Waals surface area (Å²) in [6.07, 6.45) is -3.13. The molecule has 0 spiro atoms. The minimum Gasteiger partial charge on any atom is -0.406 e. The van der Waals surface area contributed by atoms with Crippen LogP contribution in [0.4, 0.5) is 22.0 Å². The number of carbonyl (C=O) groups excluding carboxylic acids is 2. The molecule has 43 heavy (non-hydrogen) atoms. The van der Waals surface area contributed by atoms with E-state index in [0.717, 1.165) is 23.8 Å². The van der Waals surface area contributed by atoms with Crippen LogP contribution in [0.1, 0.15) is 57.9 Å². The topological polar surface area (TPSA) is 129 Å². The van der Waals surface area contributed by atoms with Gasteiger partial charge in [-0.1, -0.05) is 47.7 Å². The molecule has 2 atom stereocenters. The van der Waals surface area contributed by atoms with Gasteiger partial charge in [-0.25, -0.2) is 13.5 Å². The monoisotopic (exact) mass is 606 g/mol. The Kier molecular flexibility index (Phi) is 10.0. The minimum atomic E-state index is -4.95. The Labute approximate surface area is 242 Å². The molecule has 4 rings (SSSR count). The number of carbonyl (C=O) groups is 2. The van der Waals surface area contributed by atoms with E-state index in [1.165, 1.54) is 21.8 Å². The Balaban J connectivity index is 1.24. The molecule has 0 aliphatic carbocycles. The van der Waals surface area contributed by atoms with E-state index in [1.807, 2.05) is 37.3 Å². The third-order valence-corrected chi connectivity index (χ3v) is 6.20. The van der Waals surface area contributed by atoms with Gasteiger partial charge in [-0.05, 0) is 30.2 Å². The summed E-state index contributed by atoms with van der Waals surface area (Å²) in [6, 6.07) is 11.7. The fourth-order valence-corrected chi connectivity index (χ4v) is 4.06. The molecule has 2 amide bonds. The van der Waals surface area contributed by atoms with Crippen molar-refractivity contribution >= 4 is 11.8 Å². The standard InChI is InChI=1S/C27H27F5N8O3/c1-2-22(17-6-4-3-5-7-17)34-26(42)24-16-40(38-36-24)14-19(28)10-11-39-15-23(35-37-39)25(41)33-13-18-12-20(8-9-21(18)29)43-27(30,31)32/h3-9,12,15-16,19,22H,2,10-11,13-14H2,1H3,(H,33,41)(H,34,42)/t19?,22-/m1/s1. The minimum absolute atomic E-state index is 0.0328. The van der Waals surface area contributed by atoms with Crippen molar-refractivity contribution in [3.63, 3.8) is 0 Å². The van der Waals surface area contributed by atoms with E-state index in [0.29, 0.717) is 6.42 Å². The highest BCUT2D eigenvalue weighted by atomic mass is 19.4. The van der Waals surface area contributed by atoms with Crippen LogP contribution in [0.3, 0.4) is 0 Å². The number of halogens is 5. The Morgan fingerprint density at radius 2 is 1.65 bits per heavy atom. The molecule has 0 bridgehead atoms. The highest BCUT2D eigenvalue weighted by Crippen LogP contribution is 2.24. The second kappa shape index (κ2) is 13.8. The zero-order valence-corrected chi connectivity index (χ0v) is 22.8. The third kappa shape index (κ3) is 9.05. The number of hydrogen-bond acceptors (Lipinski definition) is 7. The van der Waals surface area contributed by atoms with Gasteiger partial charge in [0.25, 0.3) is 11.8 Å². The molecule has 228 valence electrons. The van der Waals surface area contributed by atoms with E-state index in [9.17, 15) is 31.5 Å². The van der Waals surface area contributed by atoms with Gasteiger partial charge in [-0.3, -0.25) is 14.3 Å². The van der Waals surface area contributed by atoms with Crippen LogP contribution in [0, 0.1) is 5.82 Å². The number of aryl methyl sites for hydroxylation is 1. The van der Waals surface area contributed by atoms with Crippen molar-refractivity contribution in [2.75, 3.05) is 0 Å². The van der Waals surface area contributed by atoms with E-state index in [1.54, 1.807) is 0 Å². The molecule has 16 heteroatoms. The van der Waals surface area contributed by atoms with Crippen LogP contribution in [0.25, 0.3) is 0 Å². The first-order valence-corrected chi connectivity index (χ1v) is 13.1. The molecule has 0 aliphatic rings. The van der Waals surface area contributed by atoms with Gasteiger partial charge in [-0.2, -0.15) is 0 Å². The summed E-state index contributed by atoms with van der Waals surface area (Å²) < 4.78 is 72.1. The molecule has 1 unspecified atom stereocenters. The predicted molar refractivity (Wildman–Crippen MR) is 141 cm³/mol. The summed E-state index contributed by atoms with van der Waals surface area (Å²) in [5.41, 5.74) is 0.596. The first-order chi connectivity index (χ1) is 20.5. The Bertz CT molecular complexity index is 1530. The largest absolute Gasteiger partial charge is 0.573 e. The van der Waals surface area contributed by atoms with Gasteiger partial charge in [0.05, 0.1) is 25.0 Å². The Morgan fingerprint density at radius 1 is 0.977 bits per heavy atom. The first-order valence-electron chi connectivity index (χ1n) is 13.1. The van der Waals surface area contributed by atoms with Gasteiger partial charge < -0.3 is 15.4 Å². The molecule has 0 aliphatic heterocycles. The van der Waals surface area contributed by atoms with Crippen LogP contribution in [-0.4, -0.2) is 54.3 Å². The van der Waals surface area contributed by atoms with Crippen LogP contribution < -0.4 is 15.4 Å². The SMILES string of the molecule is CC[C@@H](NC(=O)c1cn(CC(F)CCn2cc(C(=O)NCc3cc(OC(F)(F)F)ccc3F)nn2)nn1)c1ccccc1. The van der Waals surface area contributed by atoms with Crippen LogP contribution in [0.5, 0.6) is 5.75 Å². The maximum absolute atomic E-state index is 14.7. The highest BCUT2D eigenvalue weighted by Gasteiger charge is 2.31. The molecule has 0 radical (unpaired) electrons. The van der Waals surface area contributed by atoms with Gasteiger partial charge >= 0.3 is 6.36 Å². The molecule has 0 saturated heterocycles. The molecule has 4 aromatic rings. The summed E-state index contributed by atoms with van der Waals surface area (Å²) in [5.74, 6) is -2.68. The number of nitrogens with one attached hydrogen (secondary N) is 2. The van der Waals surface area contributed by atoms with Gasteiger partial charge in [0.1, 0.15) is 17.7 Å². The average molecular weight is 607 g/mol. The van der Waals surface area contributed by atoms with E-state index < -0.39 is 42.5 Å². The number of rotatable bonds is 13. The van der Waals surface area contributed by atoms with Crippen molar-refractivity contribution in [2.45, 2.75) is 58.0 Å². The van der Waals surface area contributed by atoms with E-state index in [2.05, 4.69) is 36.0 Å². The molecule has 0 saturated carbocycles. The van der Waals surface area contributed by atoms with Gasteiger partial charge in [0.2, 0.25) is 0 Å². The lowest BCUT2D eigenvalue weighted by Gasteiger charge is -2.16. The fraction of sp³-hybridized carbons (Fsp3) is 0.333. The summed E-state index contributed by atoms with van der Waals surface area (Å²) in [4.78, 5) is 25.0. The Morgan fingerprint density at radius 3 is 2.35 bits per heavy atom. The quantitative estimate of drug-likeness (QED) is 0.219. The van der Waals surface area contributed by atoms with Crippen LogP contribution in [-0.2, 0) is 19.6 Å². The second-order valence-electron chi connectivity index (χ2n) is 9.41. The second-order valence-corrected chi connectivity index (χ2v) is 9.41. The van der Waals surface area contributed by atoms with E-state index in [-0.39, 0.29) is 42.5 Å². The number of aromatic nitrogens is 6. The number of alkyl halides is 4. The lowest BCUT2D eigenvalue weighted by molar-refractivity contribution is -0.274. The normalized spacial score (nSPS) is 12.9. The van der Waals surface area contributed by atoms with Crippen LogP contribution in [0.2, 0.25) is 0 Å². The van der Waals surface area contributed by atoms with Crippen LogP contribution in [0.15, 0.2) is 60.9 Å². The van der Waals surface area contributed by atoms with Gasteiger partial charge in [0.15, 0.2) is 11.4 Å². The summed E-state index contributed by atoms with van der Waals surface area (Å²) in [6.45, 7) is 1.36. The lowest BCUT2D eigenvalue weighted by atomic mass is 10.0. The van der Waals surface area contributed by atoms with Gasteiger partial charge in [0, 0.05) is 25.1 Å². The van der Waals surface area contributed by atoms with Crippen molar-refractivity contribution in [3.05, 3.63) is 89.3 Å². The van der Waals surface area contributed by atoms with Crippen molar-refractivity contribution in [2.24, 2.45) is 0 Å². The van der Waals surface area contributed by atoms with Crippen molar-refractivity contribution in [1.82, 2.24) is 40.6 Å². The summed E-state index contributed by atoms with van der Waals surface area (Å²) >= 11 is 0. The maximum atomic E-state index is 14.7. The molecule has 2 heterocycles. The maximum Gasteiger partial charge on any atom is 0.573 e. The molecule has 0 fully saturated rings. The number of benzene rings is 2. The van der Waals surface area contributed by atoms with Crippen molar-refractivity contribution < 1.29 is 36.3 Å². The number of ether oxygens (including phenoxy) is 1. The van der Waals surface area contributed by atoms with Crippen molar-refractivity contribution in [3.8, 4) is 5.75 Å². The smallest absolute Gasteiger partial charge is 0.406 e. The van der Waals surface area contributed by atoms with E-state index >= 15 is 0 Å². The molecule has 11 nitrogen and oxygen atoms in total. The fourth-order valence-electron chi connectivity index (χ4n) is 4.06. The number of amides is 2. The number of nitrogens with zero attached hydrogens (tertiary/aromatic N) is 6. The Hall–Kier alpha value is -4.89. The molecular formula is C27H27F5N8O3. The third-order valence-electron chi connectivity index (χ3n) is 6.20. The van der Waals surface area contributed by atoms with Crippen molar-refractivity contribution in [1.29, 1.82) is 0 Å². The van der Waals surface area contributed by atoms with E-state index in [4.69, 9.17) is 0 Å². The van der Waals surface area contributed by atoms with Gasteiger partial charge in [-0.15, -0.1) is 23.4 Å². The summed E-state index contributed by atoms with van der Waals surface area (Å²) in [5, 5.41) is 20.3. The zero-order valence-electron chi connectivity index (χ0n) is 22.8. The average Bonchev–Trinajstić information content (AvgIpc) is 3.65. The zero-order chi connectivity index (χ0) is 31.0. The predicted octanol–water partition coefficient (Wildman–Crippen LogP) is 4.15. The molecule has 2 aromatic heterocycles. The molecule has 2 aromatic carbocycles. The number of hydrogen-bond donors (Lipinski definition) is 2. The molecule has 2 N–H and O–H groups in total. The molecular weight excluding hydrogens is 579 g/mol. The van der Waals surface area contributed by atoms with Crippen LogP contribution >= 0.6 is 0 Å². The summed E-state index contributed by atoms with van der Waals surface area (Å²) in [7, 11) is 0.